The second kappa shape index (κ2) is 4.87. The Hall–Kier alpha value is -1.03. The van der Waals surface area contributed by atoms with Crippen molar-refractivity contribution in [3.05, 3.63) is 11.9 Å². The van der Waals surface area contributed by atoms with Gasteiger partial charge in [-0.25, -0.2) is 0 Å². The minimum atomic E-state index is -0.0947. The van der Waals surface area contributed by atoms with Crippen LogP contribution in [0.25, 0.3) is 0 Å². The van der Waals surface area contributed by atoms with Gasteiger partial charge in [-0.1, -0.05) is 0 Å². The van der Waals surface area contributed by atoms with Gasteiger partial charge in [0.1, 0.15) is 0 Å². The van der Waals surface area contributed by atoms with Gasteiger partial charge in [0.05, 0.1) is 23.2 Å². The van der Waals surface area contributed by atoms with Crippen LogP contribution < -0.4 is 5.32 Å². The number of ether oxygens (including phenoxy) is 1. The molecule has 0 fully saturated rings. The first-order valence-corrected chi connectivity index (χ1v) is 5.66. The molecule has 92 valence electrons. The SMILES string of the molecule is COC(C)(C)CC(C)Nc1cnn(C)c1C. The summed E-state index contributed by atoms with van der Waals surface area (Å²) >= 11 is 0. The molecule has 4 heteroatoms. The molecule has 1 N–H and O–H groups in total. The molecule has 1 rings (SSSR count). The van der Waals surface area contributed by atoms with E-state index in [0.717, 1.165) is 17.8 Å². The first-order valence-electron chi connectivity index (χ1n) is 5.66. The van der Waals surface area contributed by atoms with Crippen molar-refractivity contribution < 1.29 is 4.74 Å². The van der Waals surface area contributed by atoms with Crippen molar-refractivity contribution in [2.45, 2.75) is 45.8 Å². The standard InChI is InChI=1S/C12H23N3O/c1-9(7-12(3,4)16-6)14-11-8-13-15(5)10(11)2/h8-9,14H,7H2,1-6H3. The number of nitrogens with zero attached hydrogens (tertiary/aromatic N) is 2. The zero-order valence-electron chi connectivity index (χ0n) is 11.2. The van der Waals surface area contributed by atoms with Crippen LogP contribution in [0.4, 0.5) is 5.69 Å². The van der Waals surface area contributed by atoms with E-state index in [1.165, 1.54) is 0 Å². The minimum Gasteiger partial charge on any atom is -0.380 e. The first kappa shape index (κ1) is 13.0. The zero-order valence-corrected chi connectivity index (χ0v) is 11.2. The Kier molecular flexibility index (Phi) is 3.97. The third-order valence-corrected chi connectivity index (χ3v) is 2.99. The molecule has 0 aliphatic rings. The molecule has 0 saturated carbocycles. The van der Waals surface area contributed by atoms with Gasteiger partial charge in [-0.3, -0.25) is 4.68 Å². The molecule has 0 radical (unpaired) electrons. The summed E-state index contributed by atoms with van der Waals surface area (Å²) in [6, 6.07) is 0.359. The summed E-state index contributed by atoms with van der Waals surface area (Å²) in [7, 11) is 3.70. The van der Waals surface area contributed by atoms with Crippen LogP contribution in [0.3, 0.4) is 0 Å². The molecule has 0 aromatic carbocycles. The molecule has 1 unspecified atom stereocenters. The van der Waals surface area contributed by atoms with Crippen molar-refractivity contribution in [3.8, 4) is 0 Å². The number of nitrogens with one attached hydrogen (secondary N) is 1. The summed E-state index contributed by atoms with van der Waals surface area (Å²) in [6.45, 7) is 8.42. The lowest BCUT2D eigenvalue weighted by molar-refractivity contribution is 0.0128. The van der Waals surface area contributed by atoms with Gasteiger partial charge in [0.15, 0.2) is 0 Å². The molecule has 0 bridgehead atoms. The van der Waals surface area contributed by atoms with Crippen molar-refractivity contribution in [3.63, 3.8) is 0 Å². The predicted octanol–water partition coefficient (Wildman–Crippen LogP) is 2.34. The summed E-state index contributed by atoms with van der Waals surface area (Å²) in [5, 5.41) is 7.67. The van der Waals surface area contributed by atoms with Crippen LogP contribution in [0.1, 0.15) is 32.9 Å². The van der Waals surface area contributed by atoms with Crippen molar-refractivity contribution in [2.75, 3.05) is 12.4 Å². The number of aromatic nitrogens is 2. The largest absolute Gasteiger partial charge is 0.380 e. The summed E-state index contributed by atoms with van der Waals surface area (Å²) in [5.41, 5.74) is 2.16. The third-order valence-electron chi connectivity index (χ3n) is 2.99. The molecule has 0 amide bonds. The number of hydrogen-bond acceptors (Lipinski definition) is 3. The van der Waals surface area contributed by atoms with E-state index in [0.29, 0.717) is 6.04 Å². The second-order valence-electron chi connectivity index (χ2n) is 4.98. The Bertz CT molecular complexity index is 344. The Morgan fingerprint density at radius 3 is 2.62 bits per heavy atom. The summed E-state index contributed by atoms with van der Waals surface area (Å²) in [6.07, 6.45) is 2.82. The van der Waals surface area contributed by atoms with Crippen molar-refractivity contribution >= 4 is 5.69 Å². The van der Waals surface area contributed by atoms with Crippen LogP contribution in [-0.4, -0.2) is 28.5 Å². The topological polar surface area (TPSA) is 39.1 Å². The van der Waals surface area contributed by atoms with E-state index in [4.69, 9.17) is 4.74 Å². The van der Waals surface area contributed by atoms with Crippen LogP contribution in [0, 0.1) is 6.92 Å². The maximum absolute atomic E-state index is 5.42. The molecule has 16 heavy (non-hydrogen) atoms. The van der Waals surface area contributed by atoms with E-state index in [1.54, 1.807) is 7.11 Å². The number of rotatable bonds is 5. The molecule has 0 saturated heterocycles. The van der Waals surface area contributed by atoms with Crippen LogP contribution in [-0.2, 0) is 11.8 Å². The summed E-state index contributed by atoms with van der Waals surface area (Å²) in [5.74, 6) is 0. The van der Waals surface area contributed by atoms with E-state index in [1.807, 2.05) is 17.9 Å². The van der Waals surface area contributed by atoms with E-state index in [9.17, 15) is 0 Å². The van der Waals surface area contributed by atoms with Gasteiger partial charge in [-0.05, 0) is 34.1 Å². The normalized spacial score (nSPS) is 13.9. The highest BCUT2D eigenvalue weighted by Crippen LogP contribution is 2.20. The van der Waals surface area contributed by atoms with Crippen LogP contribution >= 0.6 is 0 Å². The lowest BCUT2D eigenvalue weighted by Gasteiger charge is -2.27. The average molecular weight is 225 g/mol. The number of methoxy groups -OCH3 is 1. The maximum Gasteiger partial charge on any atom is 0.0758 e. The van der Waals surface area contributed by atoms with Crippen molar-refractivity contribution in [2.24, 2.45) is 7.05 Å². The molecule has 0 spiro atoms. The number of anilines is 1. The fourth-order valence-corrected chi connectivity index (χ4v) is 1.78. The molecular formula is C12H23N3O. The van der Waals surface area contributed by atoms with Crippen molar-refractivity contribution in [1.82, 2.24) is 9.78 Å². The van der Waals surface area contributed by atoms with Gasteiger partial charge in [-0.2, -0.15) is 5.10 Å². The third kappa shape index (κ3) is 3.23. The highest BCUT2D eigenvalue weighted by atomic mass is 16.5. The fourth-order valence-electron chi connectivity index (χ4n) is 1.78. The minimum absolute atomic E-state index is 0.0947. The average Bonchev–Trinajstić information content (AvgIpc) is 2.49. The number of hydrogen-bond donors (Lipinski definition) is 1. The van der Waals surface area contributed by atoms with Crippen LogP contribution in [0.5, 0.6) is 0 Å². The van der Waals surface area contributed by atoms with E-state index >= 15 is 0 Å². The fraction of sp³-hybridized carbons (Fsp3) is 0.750. The lowest BCUT2D eigenvalue weighted by atomic mass is 10.00. The highest BCUT2D eigenvalue weighted by Gasteiger charge is 2.20. The van der Waals surface area contributed by atoms with Crippen LogP contribution in [0.2, 0.25) is 0 Å². The Morgan fingerprint density at radius 2 is 2.19 bits per heavy atom. The molecule has 1 aromatic heterocycles. The molecular weight excluding hydrogens is 202 g/mol. The van der Waals surface area contributed by atoms with Gasteiger partial charge in [-0.15, -0.1) is 0 Å². The van der Waals surface area contributed by atoms with E-state index in [2.05, 4.69) is 38.1 Å². The van der Waals surface area contributed by atoms with E-state index in [-0.39, 0.29) is 5.60 Å². The Balaban J connectivity index is 2.58. The second-order valence-corrected chi connectivity index (χ2v) is 4.98. The molecule has 1 atom stereocenters. The maximum atomic E-state index is 5.42. The Labute approximate surface area is 98.0 Å². The van der Waals surface area contributed by atoms with E-state index < -0.39 is 0 Å². The smallest absolute Gasteiger partial charge is 0.0758 e. The molecule has 0 aliphatic heterocycles. The zero-order chi connectivity index (χ0) is 12.3. The van der Waals surface area contributed by atoms with Gasteiger partial charge >= 0.3 is 0 Å². The summed E-state index contributed by atoms with van der Waals surface area (Å²) in [4.78, 5) is 0. The van der Waals surface area contributed by atoms with Gasteiger partial charge < -0.3 is 10.1 Å². The van der Waals surface area contributed by atoms with Gasteiger partial charge in [0.25, 0.3) is 0 Å². The molecule has 1 aromatic rings. The summed E-state index contributed by atoms with van der Waals surface area (Å²) < 4.78 is 7.29. The Morgan fingerprint density at radius 1 is 1.56 bits per heavy atom. The quantitative estimate of drug-likeness (QED) is 0.836. The molecule has 0 aliphatic carbocycles. The first-order chi connectivity index (χ1) is 7.35. The molecule has 1 heterocycles. The number of aryl methyl sites for hydroxylation is 1. The molecule has 4 nitrogen and oxygen atoms in total. The lowest BCUT2D eigenvalue weighted by Crippen LogP contribution is -2.31. The predicted molar refractivity (Wildman–Crippen MR) is 66.7 cm³/mol. The highest BCUT2D eigenvalue weighted by molar-refractivity contribution is 5.46. The monoisotopic (exact) mass is 225 g/mol. The van der Waals surface area contributed by atoms with Crippen molar-refractivity contribution in [1.29, 1.82) is 0 Å². The van der Waals surface area contributed by atoms with Gasteiger partial charge in [0, 0.05) is 20.2 Å². The van der Waals surface area contributed by atoms with Crippen LogP contribution in [0.15, 0.2) is 6.20 Å². The van der Waals surface area contributed by atoms with Gasteiger partial charge in [0.2, 0.25) is 0 Å².